The van der Waals surface area contributed by atoms with E-state index < -0.39 is 82.5 Å². The van der Waals surface area contributed by atoms with E-state index in [0.29, 0.717) is 25.8 Å². The molecule has 0 saturated heterocycles. The van der Waals surface area contributed by atoms with Gasteiger partial charge >= 0.3 is 17.9 Å². The lowest BCUT2D eigenvalue weighted by molar-refractivity contribution is -0.143. The fraction of sp³-hybridized carbons (Fsp3) is 0.794. The van der Waals surface area contributed by atoms with Gasteiger partial charge < -0.3 is 36.6 Å². The summed E-state index contributed by atoms with van der Waals surface area (Å²) in [5, 5.41) is 36.9. The summed E-state index contributed by atoms with van der Waals surface area (Å²) in [5.74, 6) is -7.63. The van der Waals surface area contributed by atoms with Gasteiger partial charge in [-0.15, -0.1) is 0 Å². The van der Waals surface area contributed by atoms with Crippen molar-refractivity contribution in [3.8, 4) is 0 Å². The maximum Gasteiger partial charge on any atom is 0.326 e. The fourth-order valence-electron chi connectivity index (χ4n) is 5.42. The van der Waals surface area contributed by atoms with Crippen LogP contribution in [0.3, 0.4) is 0 Å². The van der Waals surface area contributed by atoms with Gasteiger partial charge in [0.2, 0.25) is 23.6 Å². The van der Waals surface area contributed by atoms with Gasteiger partial charge in [0.25, 0.3) is 10.1 Å². The van der Waals surface area contributed by atoms with Gasteiger partial charge in [0.1, 0.15) is 23.9 Å². The van der Waals surface area contributed by atoms with E-state index in [-0.39, 0.29) is 29.6 Å². The molecule has 3 unspecified atom stereocenters. The molecule has 17 nitrogen and oxygen atoms in total. The van der Waals surface area contributed by atoms with Gasteiger partial charge in [-0.2, -0.15) is 8.42 Å². The second-order valence-electron chi connectivity index (χ2n) is 13.1. The Morgan fingerprint density at radius 2 is 0.943 bits per heavy atom. The molecule has 0 aliphatic carbocycles. The maximum absolute atomic E-state index is 12.9. The summed E-state index contributed by atoms with van der Waals surface area (Å²) in [6.45, 7) is 0.339. The lowest BCUT2D eigenvalue weighted by atomic mass is 10.0. The molecule has 306 valence electrons. The van der Waals surface area contributed by atoms with E-state index >= 15 is 0 Å². The molecule has 0 heterocycles. The number of unbranched alkanes of at least 4 members (excludes halogenated alkanes) is 14. The number of alkyl halides is 1. The zero-order chi connectivity index (χ0) is 40.1. The quantitative estimate of drug-likeness (QED) is 0.0200. The van der Waals surface area contributed by atoms with Crippen LogP contribution in [0.1, 0.15) is 135 Å². The molecule has 0 aromatic heterocycles. The normalized spacial score (nSPS) is 12.9. The number of amides is 4. The van der Waals surface area contributed by atoms with Crippen molar-refractivity contribution in [3.05, 3.63) is 0 Å². The van der Waals surface area contributed by atoms with Crippen LogP contribution in [0.5, 0.6) is 0 Å². The number of hydrogen-bond acceptors (Lipinski definition) is 9. The number of hydrogen-bond donors (Lipinski definition) is 8. The molecule has 0 rings (SSSR count). The molecular weight excluding hydrogens is 831 g/mol. The summed E-state index contributed by atoms with van der Waals surface area (Å²) in [5.41, 5.74) is 0. The van der Waals surface area contributed by atoms with Crippen molar-refractivity contribution in [1.82, 2.24) is 21.3 Å². The van der Waals surface area contributed by atoms with Crippen molar-refractivity contribution < 1.29 is 61.9 Å². The Kier molecular flexibility index (Phi) is 28.5. The van der Waals surface area contributed by atoms with E-state index in [0.717, 1.165) is 83.5 Å². The van der Waals surface area contributed by atoms with Gasteiger partial charge in [-0.25, -0.2) is 9.59 Å². The van der Waals surface area contributed by atoms with Crippen molar-refractivity contribution in [2.24, 2.45) is 0 Å². The van der Waals surface area contributed by atoms with Crippen molar-refractivity contribution in [2.75, 3.05) is 16.7 Å². The largest absolute Gasteiger partial charge is 0.481 e. The van der Waals surface area contributed by atoms with E-state index in [4.69, 9.17) is 5.11 Å². The van der Waals surface area contributed by atoms with Crippen LogP contribution < -0.4 is 21.3 Å². The van der Waals surface area contributed by atoms with E-state index in [1.54, 1.807) is 0 Å². The highest BCUT2D eigenvalue weighted by molar-refractivity contribution is 14.1. The highest BCUT2D eigenvalue weighted by Crippen LogP contribution is 2.14. The number of aliphatic carboxylic acids is 3. The summed E-state index contributed by atoms with van der Waals surface area (Å²) in [6, 6.07) is -4.76. The topological polar surface area (TPSA) is 283 Å². The molecule has 53 heavy (non-hydrogen) atoms. The van der Waals surface area contributed by atoms with Gasteiger partial charge in [-0.3, -0.25) is 28.5 Å². The highest BCUT2D eigenvalue weighted by atomic mass is 127. The van der Waals surface area contributed by atoms with E-state index in [9.17, 15) is 56.7 Å². The van der Waals surface area contributed by atoms with E-state index in [2.05, 4.69) is 21.3 Å². The lowest BCUT2D eigenvalue weighted by Crippen LogP contribution is -2.54. The van der Waals surface area contributed by atoms with Crippen molar-refractivity contribution in [2.45, 2.75) is 153 Å². The SMILES string of the molecule is O=C(O)CCCCCCCCCCCCCCCCC(=O)NC(CS(=O)(=O)O)C(=O)NC(CCC(=O)NC(CCCCNC(=O)CI)C(=O)O)C(=O)O. The minimum Gasteiger partial charge on any atom is -0.481 e. The van der Waals surface area contributed by atoms with E-state index in [1.807, 2.05) is 22.6 Å². The molecule has 0 aliphatic heterocycles. The zero-order valence-electron chi connectivity index (χ0n) is 30.5. The first kappa shape index (κ1) is 49.9. The van der Waals surface area contributed by atoms with Gasteiger partial charge in [0.05, 0.1) is 4.43 Å². The van der Waals surface area contributed by atoms with Gasteiger partial charge in [-0.05, 0) is 38.5 Å². The minimum absolute atomic E-state index is 0.0219. The smallest absolute Gasteiger partial charge is 0.326 e. The van der Waals surface area contributed by atoms with Crippen LogP contribution in [-0.4, -0.2) is 105 Å². The Labute approximate surface area is 325 Å². The summed E-state index contributed by atoms with van der Waals surface area (Å²) in [4.78, 5) is 83.0. The number of carboxylic acid groups (broad SMARTS) is 3. The molecule has 0 aromatic carbocycles. The first-order chi connectivity index (χ1) is 25.0. The number of halogens is 1. The number of carbonyl (C=O) groups is 7. The molecule has 0 aliphatic rings. The first-order valence-electron chi connectivity index (χ1n) is 18.4. The molecule has 0 bridgehead atoms. The molecule has 8 N–H and O–H groups in total. The third-order valence-corrected chi connectivity index (χ3v) is 9.79. The van der Waals surface area contributed by atoms with Crippen molar-refractivity contribution in [1.29, 1.82) is 0 Å². The molecular formula is C34H59IN4O13S. The standard InChI is InChI=1S/C34H59IN4O13S/c35-23-30(42)36-22-16-15-17-25(33(46)47)37-29(41)21-20-26(34(48)49)39-32(45)27(24-53(50,51)52)38-28(40)18-13-11-9-7-5-3-1-2-4-6-8-10-12-14-19-31(43)44/h25-27H,1-24H2,(H,36,42)(H,37,41)(H,38,40)(H,39,45)(H,43,44)(H,46,47)(H,48,49)(H,50,51,52). The molecule has 3 atom stereocenters. The highest BCUT2D eigenvalue weighted by Gasteiger charge is 2.30. The maximum atomic E-state index is 12.9. The number of carbonyl (C=O) groups excluding carboxylic acids is 4. The summed E-state index contributed by atoms with van der Waals surface area (Å²) in [7, 11) is -4.77. The zero-order valence-corrected chi connectivity index (χ0v) is 33.4. The molecule has 0 fully saturated rings. The summed E-state index contributed by atoms with van der Waals surface area (Å²) < 4.78 is 32.8. The van der Waals surface area contributed by atoms with E-state index in [1.165, 1.54) is 0 Å². The summed E-state index contributed by atoms with van der Waals surface area (Å²) in [6.07, 6.45) is 13.9. The number of nitrogens with one attached hydrogen (secondary N) is 4. The molecule has 4 amide bonds. The molecule has 0 aromatic rings. The Balaban J connectivity index is 4.58. The third kappa shape index (κ3) is 30.0. The number of carboxylic acids is 3. The Hall–Kier alpha value is -3.07. The molecule has 0 spiro atoms. The van der Waals surface area contributed by atoms with Crippen LogP contribution in [0.2, 0.25) is 0 Å². The van der Waals surface area contributed by atoms with Crippen LogP contribution in [0.25, 0.3) is 0 Å². The van der Waals surface area contributed by atoms with Crippen molar-refractivity contribution in [3.63, 3.8) is 0 Å². The molecule has 0 saturated carbocycles. The van der Waals surface area contributed by atoms with Crippen molar-refractivity contribution >= 4 is 74.2 Å². The predicted molar refractivity (Wildman–Crippen MR) is 204 cm³/mol. The van der Waals surface area contributed by atoms with Crippen LogP contribution >= 0.6 is 22.6 Å². The monoisotopic (exact) mass is 890 g/mol. The molecule has 0 radical (unpaired) electrons. The second-order valence-corrected chi connectivity index (χ2v) is 15.3. The van der Waals surface area contributed by atoms with Crippen LogP contribution in [-0.2, 0) is 43.7 Å². The first-order valence-corrected chi connectivity index (χ1v) is 21.5. The van der Waals surface area contributed by atoms with Crippen LogP contribution in [0, 0.1) is 0 Å². The average molecular weight is 891 g/mol. The Morgan fingerprint density at radius 3 is 1.40 bits per heavy atom. The van der Waals surface area contributed by atoms with Gasteiger partial charge in [0.15, 0.2) is 0 Å². The number of rotatable bonds is 34. The van der Waals surface area contributed by atoms with Crippen LogP contribution in [0.15, 0.2) is 0 Å². The average Bonchev–Trinajstić information content (AvgIpc) is 3.07. The second kappa shape index (κ2) is 30.3. The predicted octanol–water partition coefficient (Wildman–Crippen LogP) is 3.33. The van der Waals surface area contributed by atoms with Gasteiger partial charge in [0, 0.05) is 25.8 Å². The third-order valence-electron chi connectivity index (χ3n) is 8.34. The Morgan fingerprint density at radius 1 is 0.509 bits per heavy atom. The minimum atomic E-state index is -4.77. The van der Waals surface area contributed by atoms with Crippen LogP contribution in [0.4, 0.5) is 0 Å². The Bertz CT molecular complexity index is 1250. The fourth-order valence-corrected chi connectivity index (χ4v) is 6.35. The summed E-state index contributed by atoms with van der Waals surface area (Å²) >= 11 is 1.90. The van der Waals surface area contributed by atoms with Gasteiger partial charge in [-0.1, -0.05) is 99.6 Å². The molecule has 19 heteroatoms. The lowest BCUT2D eigenvalue weighted by Gasteiger charge is -2.21.